The summed E-state index contributed by atoms with van der Waals surface area (Å²) in [6, 6.07) is 18.8. The molecule has 1 aliphatic rings. The SMILES string of the molecule is Nc1ncnc2c1c(-c1ccc(C(=O)c3cc(-c4ccccc4)no3)cc1)nn2C1CCNCC1. The first-order valence-electron chi connectivity index (χ1n) is 11.6. The van der Waals surface area contributed by atoms with E-state index in [1.807, 2.05) is 47.1 Å². The van der Waals surface area contributed by atoms with Crippen LogP contribution in [-0.2, 0) is 0 Å². The van der Waals surface area contributed by atoms with Crippen LogP contribution in [0.25, 0.3) is 33.5 Å². The number of nitrogens with two attached hydrogens (primary N) is 1. The van der Waals surface area contributed by atoms with Crippen LogP contribution in [-0.4, -0.2) is 43.8 Å². The van der Waals surface area contributed by atoms with Gasteiger partial charge in [0, 0.05) is 22.8 Å². The maximum absolute atomic E-state index is 13.0. The maximum atomic E-state index is 13.0. The molecule has 9 nitrogen and oxygen atoms in total. The average Bonchev–Trinajstić information content (AvgIpc) is 3.56. The molecule has 4 heterocycles. The summed E-state index contributed by atoms with van der Waals surface area (Å²) in [6.07, 6.45) is 3.41. The van der Waals surface area contributed by atoms with E-state index in [4.69, 9.17) is 15.4 Å². The number of carbonyl (C=O) groups is 1. The minimum atomic E-state index is -0.237. The van der Waals surface area contributed by atoms with Gasteiger partial charge in [-0.3, -0.25) is 4.79 Å². The van der Waals surface area contributed by atoms with E-state index in [1.165, 1.54) is 6.33 Å². The normalized spacial score (nSPS) is 14.4. The van der Waals surface area contributed by atoms with Gasteiger partial charge in [0.25, 0.3) is 0 Å². The second-order valence-corrected chi connectivity index (χ2v) is 8.58. The van der Waals surface area contributed by atoms with Crippen molar-refractivity contribution >= 4 is 22.6 Å². The van der Waals surface area contributed by atoms with E-state index in [1.54, 1.807) is 18.2 Å². The third kappa shape index (κ3) is 3.85. The summed E-state index contributed by atoms with van der Waals surface area (Å²) in [5.41, 5.74) is 10.5. The van der Waals surface area contributed by atoms with Crippen LogP contribution in [0, 0.1) is 0 Å². The monoisotopic (exact) mass is 465 g/mol. The molecular formula is C26H23N7O2. The molecule has 9 heteroatoms. The first-order valence-corrected chi connectivity index (χ1v) is 11.6. The van der Waals surface area contributed by atoms with Crippen molar-refractivity contribution in [2.24, 2.45) is 0 Å². The third-order valence-electron chi connectivity index (χ3n) is 6.40. The Labute approximate surface area is 201 Å². The zero-order chi connectivity index (χ0) is 23.8. The Balaban J connectivity index is 1.32. The molecule has 0 amide bonds. The van der Waals surface area contributed by atoms with Gasteiger partial charge in [-0.1, -0.05) is 59.8 Å². The van der Waals surface area contributed by atoms with E-state index in [0.29, 0.717) is 22.8 Å². The van der Waals surface area contributed by atoms with E-state index >= 15 is 0 Å². The molecule has 0 unspecified atom stereocenters. The molecule has 0 radical (unpaired) electrons. The van der Waals surface area contributed by atoms with Crippen molar-refractivity contribution in [3.05, 3.63) is 78.3 Å². The van der Waals surface area contributed by atoms with E-state index in [2.05, 4.69) is 20.4 Å². The molecule has 5 aromatic rings. The number of anilines is 1. The number of benzene rings is 2. The molecule has 174 valence electrons. The highest BCUT2D eigenvalue weighted by Crippen LogP contribution is 2.33. The highest BCUT2D eigenvalue weighted by molar-refractivity contribution is 6.08. The van der Waals surface area contributed by atoms with Crippen LogP contribution in [0.15, 0.2) is 71.5 Å². The quantitative estimate of drug-likeness (QED) is 0.375. The minimum Gasteiger partial charge on any atom is -0.383 e. The van der Waals surface area contributed by atoms with Gasteiger partial charge in [-0.05, 0) is 25.9 Å². The van der Waals surface area contributed by atoms with Crippen molar-refractivity contribution in [3.63, 3.8) is 0 Å². The molecule has 0 aliphatic carbocycles. The fraction of sp³-hybridized carbons (Fsp3) is 0.192. The predicted molar refractivity (Wildman–Crippen MR) is 132 cm³/mol. The van der Waals surface area contributed by atoms with Gasteiger partial charge >= 0.3 is 0 Å². The van der Waals surface area contributed by atoms with Gasteiger partial charge in [0.2, 0.25) is 11.5 Å². The smallest absolute Gasteiger partial charge is 0.231 e. The average molecular weight is 466 g/mol. The van der Waals surface area contributed by atoms with Crippen LogP contribution in [0.4, 0.5) is 5.82 Å². The lowest BCUT2D eigenvalue weighted by Gasteiger charge is -2.23. The summed E-state index contributed by atoms with van der Waals surface area (Å²) in [4.78, 5) is 21.7. The lowest BCUT2D eigenvalue weighted by molar-refractivity contribution is 0.100. The van der Waals surface area contributed by atoms with Gasteiger partial charge in [0.1, 0.15) is 23.5 Å². The highest BCUT2D eigenvalue weighted by atomic mass is 16.5. The van der Waals surface area contributed by atoms with Crippen LogP contribution < -0.4 is 11.1 Å². The zero-order valence-corrected chi connectivity index (χ0v) is 18.9. The number of nitrogens with zero attached hydrogens (tertiary/aromatic N) is 5. The second kappa shape index (κ2) is 8.77. The largest absolute Gasteiger partial charge is 0.383 e. The fourth-order valence-electron chi connectivity index (χ4n) is 4.55. The summed E-state index contributed by atoms with van der Waals surface area (Å²) in [5.74, 6) is 0.342. The first kappa shape index (κ1) is 21.2. The molecule has 6 rings (SSSR count). The van der Waals surface area contributed by atoms with E-state index < -0.39 is 0 Å². The second-order valence-electron chi connectivity index (χ2n) is 8.58. The third-order valence-corrected chi connectivity index (χ3v) is 6.40. The van der Waals surface area contributed by atoms with Gasteiger partial charge < -0.3 is 15.6 Å². The van der Waals surface area contributed by atoms with Gasteiger partial charge in [0.05, 0.1) is 11.4 Å². The maximum Gasteiger partial charge on any atom is 0.231 e. The van der Waals surface area contributed by atoms with Crippen molar-refractivity contribution < 1.29 is 9.32 Å². The Morgan fingerprint density at radius 3 is 2.54 bits per heavy atom. The number of hydrogen-bond donors (Lipinski definition) is 2. The van der Waals surface area contributed by atoms with Crippen LogP contribution in [0.3, 0.4) is 0 Å². The molecule has 0 saturated carbocycles. The topological polar surface area (TPSA) is 125 Å². The standard InChI is InChI=1S/C26H23N7O2/c27-25-22-23(31-33(26(22)30-15-29-25)19-10-12-28-13-11-19)17-6-8-18(9-7-17)24(34)21-14-20(32-35-21)16-4-2-1-3-5-16/h1-9,14-15,19,28H,10-13H2,(H2,27,29,30). The number of piperidine rings is 1. The van der Waals surface area contributed by atoms with Crippen molar-refractivity contribution in [2.75, 3.05) is 18.8 Å². The van der Waals surface area contributed by atoms with Crippen LogP contribution >= 0.6 is 0 Å². The number of fused-ring (bicyclic) bond motifs is 1. The van der Waals surface area contributed by atoms with E-state index in [0.717, 1.165) is 48.1 Å². The molecule has 3 N–H and O–H groups in total. The summed E-state index contributed by atoms with van der Waals surface area (Å²) < 4.78 is 7.32. The highest BCUT2D eigenvalue weighted by Gasteiger charge is 2.24. The van der Waals surface area contributed by atoms with Crippen molar-refractivity contribution in [1.29, 1.82) is 0 Å². The number of carbonyl (C=O) groups excluding carboxylic acids is 1. The van der Waals surface area contributed by atoms with Crippen molar-refractivity contribution in [2.45, 2.75) is 18.9 Å². The Morgan fingerprint density at radius 1 is 1.00 bits per heavy atom. The minimum absolute atomic E-state index is 0.190. The van der Waals surface area contributed by atoms with Gasteiger partial charge in [0.15, 0.2) is 5.65 Å². The van der Waals surface area contributed by atoms with Crippen molar-refractivity contribution in [3.8, 4) is 22.5 Å². The molecule has 2 aromatic carbocycles. The zero-order valence-electron chi connectivity index (χ0n) is 18.9. The molecule has 0 bridgehead atoms. The number of hydrogen-bond acceptors (Lipinski definition) is 8. The summed E-state index contributed by atoms with van der Waals surface area (Å²) in [7, 11) is 0. The predicted octanol–water partition coefficient (Wildman–Crippen LogP) is 3.89. The van der Waals surface area contributed by atoms with Crippen molar-refractivity contribution in [1.82, 2.24) is 30.2 Å². The first-order chi connectivity index (χ1) is 17.2. The Kier molecular flexibility index (Phi) is 5.31. The van der Waals surface area contributed by atoms with Crippen LogP contribution in [0.5, 0.6) is 0 Å². The van der Waals surface area contributed by atoms with Gasteiger partial charge in [-0.2, -0.15) is 5.10 Å². The molecule has 1 saturated heterocycles. The lowest BCUT2D eigenvalue weighted by atomic mass is 10.0. The summed E-state index contributed by atoms with van der Waals surface area (Å²) in [5, 5.41) is 13.1. The Hall–Kier alpha value is -4.37. The number of ketones is 1. The summed E-state index contributed by atoms with van der Waals surface area (Å²) in [6.45, 7) is 1.87. The summed E-state index contributed by atoms with van der Waals surface area (Å²) >= 11 is 0. The number of rotatable bonds is 5. The van der Waals surface area contributed by atoms with Gasteiger partial charge in [-0.25, -0.2) is 14.6 Å². The Bertz CT molecular complexity index is 1500. The molecule has 1 fully saturated rings. The van der Waals surface area contributed by atoms with E-state index in [-0.39, 0.29) is 17.6 Å². The number of nitrogen functional groups attached to an aromatic ring is 1. The lowest BCUT2D eigenvalue weighted by Crippen LogP contribution is -2.30. The van der Waals surface area contributed by atoms with Gasteiger partial charge in [-0.15, -0.1) is 0 Å². The van der Waals surface area contributed by atoms with E-state index in [9.17, 15) is 4.79 Å². The Morgan fingerprint density at radius 2 is 1.77 bits per heavy atom. The molecule has 3 aromatic heterocycles. The molecule has 0 spiro atoms. The van der Waals surface area contributed by atoms with Crippen LogP contribution in [0.1, 0.15) is 35.0 Å². The fourth-order valence-corrected chi connectivity index (χ4v) is 4.55. The molecule has 1 aliphatic heterocycles. The molecule has 0 atom stereocenters. The number of nitrogens with one attached hydrogen (secondary N) is 1. The van der Waals surface area contributed by atoms with Crippen LogP contribution in [0.2, 0.25) is 0 Å². The number of aromatic nitrogens is 5. The molecular weight excluding hydrogens is 442 g/mol. The molecule has 35 heavy (non-hydrogen) atoms.